The predicted octanol–water partition coefficient (Wildman–Crippen LogP) is 3.80. The zero-order valence-electron chi connectivity index (χ0n) is 15.7. The normalized spacial score (nSPS) is 12.5. The second-order valence-electron chi connectivity index (χ2n) is 6.38. The Morgan fingerprint density at radius 1 is 0.867 bits per heavy atom. The maximum absolute atomic E-state index is 11.8. The molecule has 158 valence electrons. The van der Waals surface area contributed by atoms with E-state index >= 15 is 0 Å². The first-order valence-corrected chi connectivity index (χ1v) is 11.2. The highest BCUT2D eigenvalue weighted by molar-refractivity contribution is 7.86. The van der Waals surface area contributed by atoms with Crippen LogP contribution in [0.2, 0.25) is 0 Å². The average Bonchev–Trinajstić information content (AvgIpc) is 2.66. The van der Waals surface area contributed by atoms with Crippen molar-refractivity contribution in [3.8, 4) is 5.75 Å². The number of aromatic hydroxyl groups is 1. The summed E-state index contributed by atoms with van der Waals surface area (Å²) in [4.78, 5) is -1.26. The Kier molecular flexibility index (Phi) is 5.52. The van der Waals surface area contributed by atoms with Crippen molar-refractivity contribution in [3.63, 3.8) is 0 Å². The fraction of sp³-hybridized carbons (Fsp3) is 0.111. The topological polar surface area (TPSA) is 166 Å². The van der Waals surface area contributed by atoms with E-state index in [2.05, 4.69) is 15.5 Å². The van der Waals surface area contributed by atoms with Crippen LogP contribution in [-0.2, 0) is 20.2 Å². The predicted molar refractivity (Wildman–Crippen MR) is 110 cm³/mol. The van der Waals surface area contributed by atoms with Crippen molar-refractivity contribution in [3.05, 3.63) is 48.0 Å². The molecule has 0 saturated carbocycles. The van der Waals surface area contributed by atoms with Crippen molar-refractivity contribution in [2.75, 3.05) is 12.4 Å². The zero-order valence-corrected chi connectivity index (χ0v) is 17.4. The number of benzene rings is 3. The summed E-state index contributed by atoms with van der Waals surface area (Å²) in [5.74, 6) is -0.582. The second-order valence-corrected chi connectivity index (χ2v) is 9.16. The molecule has 0 aliphatic heterocycles. The lowest BCUT2D eigenvalue weighted by atomic mass is 10.1. The van der Waals surface area contributed by atoms with Crippen molar-refractivity contribution in [2.24, 2.45) is 10.2 Å². The molecule has 0 heterocycles. The first-order valence-electron chi connectivity index (χ1n) is 8.36. The van der Waals surface area contributed by atoms with E-state index in [-0.39, 0.29) is 11.1 Å². The number of fused-ring (bicyclic) bond motifs is 1. The lowest BCUT2D eigenvalue weighted by Gasteiger charge is -2.10. The SMILES string of the molecule is CNc1ccc2cc(S(=O)(=O)O)c(N=Nc3ccc(C)cc3S(=O)(=O)O)c(O)c2c1. The monoisotopic (exact) mass is 451 g/mol. The molecule has 0 aromatic heterocycles. The molecule has 3 aromatic rings. The molecule has 3 rings (SSSR count). The Hall–Kier alpha value is -3.06. The minimum Gasteiger partial charge on any atom is -0.505 e. The van der Waals surface area contributed by atoms with Crippen LogP contribution in [-0.4, -0.2) is 38.1 Å². The van der Waals surface area contributed by atoms with Crippen molar-refractivity contribution >= 4 is 48.1 Å². The van der Waals surface area contributed by atoms with Crippen LogP contribution in [0.1, 0.15) is 5.56 Å². The van der Waals surface area contributed by atoms with E-state index in [4.69, 9.17) is 0 Å². The third-order valence-electron chi connectivity index (χ3n) is 4.27. The van der Waals surface area contributed by atoms with E-state index in [1.54, 1.807) is 20.0 Å². The summed E-state index contributed by atoms with van der Waals surface area (Å²) in [5.41, 5.74) is 0.272. The molecule has 0 radical (unpaired) electrons. The number of nitrogens with zero attached hydrogens (tertiary/aromatic N) is 2. The Balaban J connectivity index is 2.29. The molecule has 0 saturated heterocycles. The van der Waals surface area contributed by atoms with Gasteiger partial charge in [0.25, 0.3) is 20.2 Å². The number of nitrogens with one attached hydrogen (secondary N) is 1. The quantitative estimate of drug-likeness (QED) is 0.336. The Bertz CT molecular complexity index is 1400. The number of anilines is 1. The zero-order chi connectivity index (χ0) is 22.3. The molecule has 0 fully saturated rings. The first kappa shape index (κ1) is 21.6. The van der Waals surface area contributed by atoms with E-state index in [0.717, 1.165) is 12.1 Å². The second kappa shape index (κ2) is 7.65. The van der Waals surface area contributed by atoms with Crippen LogP contribution in [0.3, 0.4) is 0 Å². The van der Waals surface area contributed by atoms with Gasteiger partial charge in [0.05, 0.1) is 0 Å². The summed E-state index contributed by atoms with van der Waals surface area (Å²) >= 11 is 0. The molecule has 0 atom stereocenters. The van der Waals surface area contributed by atoms with Gasteiger partial charge in [-0.05, 0) is 48.2 Å². The van der Waals surface area contributed by atoms with E-state index < -0.39 is 41.5 Å². The van der Waals surface area contributed by atoms with Gasteiger partial charge >= 0.3 is 0 Å². The summed E-state index contributed by atoms with van der Waals surface area (Å²) < 4.78 is 65.9. The van der Waals surface area contributed by atoms with Gasteiger partial charge < -0.3 is 10.4 Å². The maximum Gasteiger partial charge on any atom is 0.296 e. The summed E-state index contributed by atoms with van der Waals surface area (Å²) in [6.07, 6.45) is 0. The molecule has 10 nitrogen and oxygen atoms in total. The molecular weight excluding hydrogens is 434 g/mol. The third-order valence-corrected chi connectivity index (χ3v) is 6.02. The van der Waals surface area contributed by atoms with Crippen LogP contribution in [0.5, 0.6) is 5.75 Å². The van der Waals surface area contributed by atoms with Gasteiger partial charge in [-0.1, -0.05) is 12.1 Å². The van der Waals surface area contributed by atoms with E-state index in [1.807, 2.05) is 0 Å². The van der Waals surface area contributed by atoms with E-state index in [1.165, 1.54) is 24.3 Å². The fourth-order valence-corrected chi connectivity index (χ4v) is 4.17. The summed E-state index contributed by atoms with van der Waals surface area (Å²) in [6, 6.07) is 9.74. The highest BCUT2D eigenvalue weighted by Crippen LogP contribution is 2.42. The number of hydrogen-bond donors (Lipinski definition) is 4. The third kappa shape index (κ3) is 4.26. The highest BCUT2D eigenvalue weighted by Gasteiger charge is 2.23. The number of aryl methyl sites for hydroxylation is 1. The van der Waals surface area contributed by atoms with E-state index in [9.17, 15) is 31.0 Å². The van der Waals surface area contributed by atoms with Crippen molar-refractivity contribution < 1.29 is 31.0 Å². The van der Waals surface area contributed by atoms with Crippen molar-refractivity contribution in [2.45, 2.75) is 16.7 Å². The number of phenols is 1. The van der Waals surface area contributed by atoms with Crippen molar-refractivity contribution in [1.82, 2.24) is 0 Å². The largest absolute Gasteiger partial charge is 0.505 e. The minimum atomic E-state index is -4.81. The molecular formula is C18H17N3O7S2. The molecule has 30 heavy (non-hydrogen) atoms. The first-order chi connectivity index (χ1) is 13.9. The number of hydrogen-bond acceptors (Lipinski definition) is 8. The van der Waals surface area contributed by atoms with Gasteiger partial charge in [-0.2, -0.15) is 16.8 Å². The van der Waals surface area contributed by atoms with Crippen molar-refractivity contribution in [1.29, 1.82) is 0 Å². The summed E-state index contributed by atoms with van der Waals surface area (Å²) in [6.45, 7) is 1.60. The average molecular weight is 451 g/mol. The van der Waals surface area contributed by atoms with Gasteiger partial charge in [0.2, 0.25) is 0 Å². The molecule has 4 N–H and O–H groups in total. The molecule has 3 aromatic carbocycles. The minimum absolute atomic E-state index is 0.224. The van der Waals surface area contributed by atoms with Gasteiger partial charge in [-0.15, -0.1) is 10.2 Å². The lowest BCUT2D eigenvalue weighted by molar-refractivity contribution is 0.472. The van der Waals surface area contributed by atoms with Crippen LogP contribution in [0.15, 0.2) is 62.5 Å². The van der Waals surface area contributed by atoms with Gasteiger partial charge in [-0.3, -0.25) is 9.11 Å². The van der Waals surface area contributed by atoms with Gasteiger partial charge in [-0.25, -0.2) is 0 Å². The lowest BCUT2D eigenvalue weighted by Crippen LogP contribution is -2.00. The fourth-order valence-electron chi connectivity index (χ4n) is 2.80. The Labute approximate surface area is 172 Å². The summed E-state index contributed by atoms with van der Waals surface area (Å²) in [5, 5.41) is 21.4. The summed E-state index contributed by atoms with van der Waals surface area (Å²) in [7, 11) is -7.80. The Morgan fingerprint density at radius 2 is 1.53 bits per heavy atom. The van der Waals surface area contributed by atoms with Crippen LogP contribution in [0.4, 0.5) is 17.1 Å². The molecule has 0 aliphatic carbocycles. The highest BCUT2D eigenvalue weighted by atomic mass is 32.2. The molecule has 0 unspecified atom stereocenters. The van der Waals surface area contributed by atoms with Crippen LogP contribution >= 0.6 is 0 Å². The van der Waals surface area contributed by atoms with Crippen LogP contribution < -0.4 is 5.32 Å². The van der Waals surface area contributed by atoms with Crippen LogP contribution in [0.25, 0.3) is 10.8 Å². The Morgan fingerprint density at radius 3 is 2.13 bits per heavy atom. The van der Waals surface area contributed by atoms with Crippen LogP contribution in [0, 0.1) is 6.92 Å². The molecule has 0 amide bonds. The standard InChI is InChI=1S/C18H17N3O7S2/c1-10-3-6-14(15(7-10)29(23,24)25)20-21-17-16(30(26,27)28)8-11-4-5-12(19-2)9-13(11)18(17)22/h3-9,19,22H,1-2H3,(H,23,24,25)(H,26,27,28). The molecule has 0 spiro atoms. The maximum atomic E-state index is 11.8. The number of azo groups is 1. The molecule has 0 bridgehead atoms. The van der Waals surface area contributed by atoms with Gasteiger partial charge in [0.15, 0.2) is 5.75 Å². The molecule has 12 heteroatoms. The van der Waals surface area contributed by atoms with Gasteiger partial charge in [0, 0.05) is 18.1 Å². The van der Waals surface area contributed by atoms with E-state index in [0.29, 0.717) is 16.6 Å². The molecule has 0 aliphatic rings. The number of rotatable bonds is 5. The van der Waals surface area contributed by atoms with Gasteiger partial charge in [0.1, 0.15) is 21.2 Å². The number of phenolic OH excluding ortho intramolecular Hbond substituents is 1. The smallest absolute Gasteiger partial charge is 0.296 e.